The van der Waals surface area contributed by atoms with Crippen LogP contribution >= 0.6 is 11.3 Å². The molecule has 31 heavy (non-hydrogen) atoms. The number of amides is 1. The first-order valence-electron chi connectivity index (χ1n) is 11.3. The molecule has 0 atom stereocenters. The molecule has 1 amide bonds. The van der Waals surface area contributed by atoms with Crippen LogP contribution in [0.15, 0.2) is 29.1 Å². The number of piperazine rings is 1. The van der Waals surface area contributed by atoms with Crippen molar-refractivity contribution in [3.63, 3.8) is 0 Å². The standard InChI is InChI=1S/C24H28N4O2S/c1-2-16-7-9-17(10-8-16)24(30)28-13-11-27(12-14-28)15-20-25-22(29)21-18-5-3-4-6-19(18)31-23(21)26-20/h7-10H,2-6,11-15H2,1H3,(H,25,26,29). The highest BCUT2D eigenvalue weighted by Crippen LogP contribution is 2.33. The van der Waals surface area contributed by atoms with Crippen LogP contribution in [0.25, 0.3) is 10.2 Å². The van der Waals surface area contributed by atoms with E-state index in [2.05, 4.69) is 16.8 Å². The molecule has 0 unspecified atom stereocenters. The Kier molecular flexibility index (Phi) is 5.63. The lowest BCUT2D eigenvalue weighted by atomic mass is 9.97. The summed E-state index contributed by atoms with van der Waals surface area (Å²) < 4.78 is 0. The number of carbonyl (C=O) groups is 1. The zero-order chi connectivity index (χ0) is 21.4. The van der Waals surface area contributed by atoms with E-state index >= 15 is 0 Å². The third kappa shape index (κ3) is 4.04. The van der Waals surface area contributed by atoms with E-state index in [1.807, 2.05) is 29.2 Å². The van der Waals surface area contributed by atoms with Crippen LogP contribution in [0.2, 0.25) is 0 Å². The molecular weight excluding hydrogens is 408 g/mol. The number of rotatable bonds is 4. The van der Waals surface area contributed by atoms with Gasteiger partial charge in [0.25, 0.3) is 11.5 Å². The van der Waals surface area contributed by atoms with Gasteiger partial charge in [-0.3, -0.25) is 14.5 Å². The number of aryl methyl sites for hydroxylation is 3. The Hall–Kier alpha value is -2.51. The molecule has 0 spiro atoms. The van der Waals surface area contributed by atoms with E-state index < -0.39 is 0 Å². The number of aromatic nitrogens is 2. The third-order valence-corrected chi connectivity index (χ3v) is 7.70. The van der Waals surface area contributed by atoms with Crippen LogP contribution in [0.4, 0.5) is 0 Å². The molecule has 1 aliphatic carbocycles. The molecule has 2 aliphatic rings. The normalized spacial score (nSPS) is 17.1. The highest BCUT2D eigenvalue weighted by molar-refractivity contribution is 7.18. The van der Waals surface area contributed by atoms with Gasteiger partial charge in [-0.05, 0) is 55.4 Å². The van der Waals surface area contributed by atoms with Crippen molar-refractivity contribution >= 4 is 27.5 Å². The number of hydrogen-bond acceptors (Lipinski definition) is 5. The first-order chi connectivity index (χ1) is 15.1. The summed E-state index contributed by atoms with van der Waals surface area (Å²) in [7, 11) is 0. The summed E-state index contributed by atoms with van der Waals surface area (Å²) in [6, 6.07) is 7.92. The molecule has 1 fully saturated rings. The number of fused-ring (bicyclic) bond motifs is 3. The van der Waals surface area contributed by atoms with Crippen LogP contribution < -0.4 is 5.56 Å². The minimum absolute atomic E-state index is 0.00346. The summed E-state index contributed by atoms with van der Waals surface area (Å²) in [6.07, 6.45) is 5.41. The second kappa shape index (κ2) is 8.55. The van der Waals surface area contributed by atoms with Crippen molar-refractivity contribution in [2.45, 2.75) is 45.6 Å². The second-order valence-electron chi connectivity index (χ2n) is 8.52. The molecule has 1 aliphatic heterocycles. The van der Waals surface area contributed by atoms with Crippen molar-refractivity contribution in [1.29, 1.82) is 0 Å². The maximum absolute atomic E-state index is 12.8. The molecular formula is C24H28N4O2S. The lowest BCUT2D eigenvalue weighted by molar-refractivity contribution is 0.0625. The topological polar surface area (TPSA) is 69.3 Å². The van der Waals surface area contributed by atoms with Gasteiger partial charge in [0.1, 0.15) is 10.7 Å². The van der Waals surface area contributed by atoms with E-state index in [1.165, 1.54) is 22.4 Å². The van der Waals surface area contributed by atoms with Crippen LogP contribution in [0.5, 0.6) is 0 Å². The van der Waals surface area contributed by atoms with Crippen molar-refractivity contribution in [1.82, 2.24) is 19.8 Å². The average Bonchev–Trinajstić information content (AvgIpc) is 3.18. The maximum atomic E-state index is 12.8. The highest BCUT2D eigenvalue weighted by atomic mass is 32.1. The number of nitrogens with zero attached hydrogens (tertiary/aromatic N) is 3. The summed E-state index contributed by atoms with van der Waals surface area (Å²) in [5, 5.41) is 0.813. The fourth-order valence-corrected chi connectivity index (χ4v) is 5.95. The van der Waals surface area contributed by atoms with Gasteiger partial charge >= 0.3 is 0 Å². The SMILES string of the molecule is CCc1ccc(C(=O)N2CCN(Cc3nc4sc5c(c4c(=O)[nH]3)CCCC5)CC2)cc1. The fraction of sp³-hybridized carbons (Fsp3) is 0.458. The van der Waals surface area contributed by atoms with Crippen molar-refractivity contribution in [3.05, 3.63) is 62.0 Å². The Morgan fingerprint density at radius 3 is 2.58 bits per heavy atom. The molecule has 3 aromatic rings. The zero-order valence-corrected chi connectivity index (χ0v) is 18.8. The molecule has 1 aromatic carbocycles. The number of benzene rings is 1. The lowest BCUT2D eigenvalue weighted by Gasteiger charge is -2.34. The molecule has 6 nitrogen and oxygen atoms in total. The minimum atomic E-state index is 0.00346. The molecule has 2 aromatic heterocycles. The summed E-state index contributed by atoms with van der Waals surface area (Å²) in [5.41, 5.74) is 3.23. The quantitative estimate of drug-likeness (QED) is 0.681. The van der Waals surface area contributed by atoms with E-state index in [0.717, 1.165) is 60.4 Å². The Morgan fingerprint density at radius 2 is 1.84 bits per heavy atom. The van der Waals surface area contributed by atoms with Crippen molar-refractivity contribution < 1.29 is 4.79 Å². The van der Waals surface area contributed by atoms with Gasteiger partial charge in [-0.15, -0.1) is 11.3 Å². The molecule has 0 radical (unpaired) electrons. The van der Waals surface area contributed by atoms with E-state index in [1.54, 1.807) is 11.3 Å². The summed E-state index contributed by atoms with van der Waals surface area (Å²) in [6.45, 7) is 5.66. The van der Waals surface area contributed by atoms with Crippen LogP contribution in [0.3, 0.4) is 0 Å². The molecule has 0 bridgehead atoms. The van der Waals surface area contributed by atoms with Crippen molar-refractivity contribution in [2.24, 2.45) is 0 Å². The van der Waals surface area contributed by atoms with Crippen LogP contribution in [0.1, 0.15) is 52.0 Å². The number of carbonyl (C=O) groups excluding carboxylic acids is 1. The van der Waals surface area contributed by atoms with Crippen LogP contribution in [-0.2, 0) is 25.8 Å². The van der Waals surface area contributed by atoms with E-state index in [9.17, 15) is 9.59 Å². The minimum Gasteiger partial charge on any atom is -0.336 e. The van der Waals surface area contributed by atoms with Gasteiger partial charge in [0.2, 0.25) is 0 Å². The first kappa shape index (κ1) is 20.4. The highest BCUT2D eigenvalue weighted by Gasteiger charge is 2.24. The molecule has 3 heterocycles. The smallest absolute Gasteiger partial charge is 0.259 e. The monoisotopic (exact) mass is 436 g/mol. The van der Waals surface area contributed by atoms with Crippen molar-refractivity contribution in [3.8, 4) is 0 Å². The molecule has 5 rings (SSSR count). The predicted octanol–water partition coefficient (Wildman–Crippen LogP) is 3.38. The zero-order valence-electron chi connectivity index (χ0n) is 17.9. The van der Waals surface area contributed by atoms with Gasteiger partial charge in [-0.25, -0.2) is 4.98 Å². The van der Waals surface area contributed by atoms with Gasteiger partial charge in [-0.1, -0.05) is 19.1 Å². The fourth-order valence-electron chi connectivity index (χ4n) is 4.67. The Bertz CT molecular complexity index is 1160. The van der Waals surface area contributed by atoms with Gasteiger partial charge in [0.05, 0.1) is 11.9 Å². The number of nitrogens with one attached hydrogen (secondary N) is 1. The Morgan fingerprint density at radius 1 is 1.10 bits per heavy atom. The third-order valence-electron chi connectivity index (χ3n) is 6.52. The molecule has 1 saturated heterocycles. The molecule has 7 heteroatoms. The van der Waals surface area contributed by atoms with Crippen LogP contribution in [0, 0.1) is 0 Å². The van der Waals surface area contributed by atoms with E-state index in [-0.39, 0.29) is 11.5 Å². The second-order valence-corrected chi connectivity index (χ2v) is 9.61. The summed E-state index contributed by atoms with van der Waals surface area (Å²) in [5.74, 6) is 0.824. The Balaban J connectivity index is 1.24. The lowest BCUT2D eigenvalue weighted by Crippen LogP contribution is -2.48. The van der Waals surface area contributed by atoms with Gasteiger partial charge in [0.15, 0.2) is 0 Å². The van der Waals surface area contributed by atoms with Gasteiger partial charge < -0.3 is 9.88 Å². The molecule has 1 N–H and O–H groups in total. The summed E-state index contributed by atoms with van der Waals surface area (Å²) in [4.78, 5) is 39.8. The van der Waals surface area contributed by atoms with E-state index in [4.69, 9.17) is 4.98 Å². The average molecular weight is 437 g/mol. The Labute approximate surface area is 185 Å². The number of hydrogen-bond donors (Lipinski definition) is 1. The van der Waals surface area contributed by atoms with Crippen molar-refractivity contribution in [2.75, 3.05) is 26.2 Å². The molecule has 162 valence electrons. The number of H-pyrrole nitrogens is 1. The number of aromatic amines is 1. The van der Waals surface area contributed by atoms with Crippen LogP contribution in [-0.4, -0.2) is 51.9 Å². The predicted molar refractivity (Wildman–Crippen MR) is 124 cm³/mol. The van der Waals surface area contributed by atoms with Gasteiger partial charge in [-0.2, -0.15) is 0 Å². The van der Waals surface area contributed by atoms with Gasteiger partial charge in [0, 0.05) is 36.6 Å². The largest absolute Gasteiger partial charge is 0.336 e. The maximum Gasteiger partial charge on any atom is 0.259 e. The molecule has 0 saturated carbocycles. The number of thiophene rings is 1. The first-order valence-corrected chi connectivity index (χ1v) is 12.1. The van der Waals surface area contributed by atoms with E-state index in [0.29, 0.717) is 19.6 Å². The summed E-state index contributed by atoms with van der Waals surface area (Å²) >= 11 is 1.69.